The molecule has 1 atom stereocenters. The Balaban J connectivity index is 2.13. The van der Waals surface area contributed by atoms with Crippen LogP contribution >= 0.6 is 0 Å². The first kappa shape index (κ1) is 13.9. The summed E-state index contributed by atoms with van der Waals surface area (Å²) in [7, 11) is 0. The Morgan fingerprint density at radius 1 is 1.53 bits per heavy atom. The van der Waals surface area contributed by atoms with Crippen LogP contribution in [-0.2, 0) is 0 Å². The molecule has 1 saturated heterocycles. The quantitative estimate of drug-likeness (QED) is 0.815. The summed E-state index contributed by atoms with van der Waals surface area (Å²) in [6, 6.07) is 5.82. The molecule has 0 aromatic heterocycles. The van der Waals surface area contributed by atoms with E-state index < -0.39 is 0 Å². The van der Waals surface area contributed by atoms with Gasteiger partial charge in [0.2, 0.25) is 0 Å². The number of aliphatic hydroxyl groups excluding tert-OH is 1. The molecule has 0 bridgehead atoms. The predicted molar refractivity (Wildman–Crippen MR) is 76.0 cm³/mol. The van der Waals surface area contributed by atoms with E-state index in [2.05, 4.69) is 0 Å². The molecule has 1 unspecified atom stereocenters. The van der Waals surface area contributed by atoms with Gasteiger partial charge in [-0.2, -0.15) is 0 Å². The molecule has 1 aliphatic heterocycles. The van der Waals surface area contributed by atoms with E-state index in [4.69, 9.17) is 10.8 Å². The third kappa shape index (κ3) is 3.07. The fourth-order valence-electron chi connectivity index (χ4n) is 2.76. The van der Waals surface area contributed by atoms with Crippen LogP contribution in [0.5, 0.6) is 0 Å². The number of rotatable bonds is 4. The fourth-order valence-corrected chi connectivity index (χ4v) is 2.76. The fraction of sp³-hybridized carbons (Fsp3) is 0.533. The Morgan fingerprint density at radius 3 is 3.00 bits per heavy atom. The summed E-state index contributed by atoms with van der Waals surface area (Å²) in [5, 5.41) is 8.92. The number of anilines is 1. The van der Waals surface area contributed by atoms with Gasteiger partial charge in [-0.1, -0.05) is 6.07 Å². The molecule has 2 rings (SSSR count). The number of carbonyl (C=O) groups is 1. The third-order valence-electron chi connectivity index (χ3n) is 3.77. The monoisotopic (exact) mass is 262 g/mol. The number of nitrogens with zero attached hydrogens (tertiary/aromatic N) is 1. The van der Waals surface area contributed by atoms with Gasteiger partial charge >= 0.3 is 0 Å². The van der Waals surface area contributed by atoms with Crippen molar-refractivity contribution in [3.05, 3.63) is 29.3 Å². The molecular weight excluding hydrogens is 240 g/mol. The van der Waals surface area contributed by atoms with Crippen LogP contribution in [0.1, 0.15) is 41.6 Å². The molecule has 1 aromatic rings. The van der Waals surface area contributed by atoms with Crippen molar-refractivity contribution in [1.29, 1.82) is 0 Å². The number of nitrogen functional groups attached to an aromatic ring is 1. The van der Waals surface area contributed by atoms with Crippen molar-refractivity contribution in [2.24, 2.45) is 0 Å². The first-order valence-corrected chi connectivity index (χ1v) is 6.91. The van der Waals surface area contributed by atoms with Crippen LogP contribution in [0, 0.1) is 6.92 Å². The number of aryl methyl sites for hydroxylation is 1. The first-order valence-electron chi connectivity index (χ1n) is 6.91. The van der Waals surface area contributed by atoms with Crippen LogP contribution in [0.15, 0.2) is 18.2 Å². The van der Waals surface area contributed by atoms with Crippen LogP contribution < -0.4 is 5.73 Å². The van der Waals surface area contributed by atoms with E-state index in [0.29, 0.717) is 11.3 Å². The maximum absolute atomic E-state index is 12.5. The van der Waals surface area contributed by atoms with Crippen molar-refractivity contribution >= 4 is 11.6 Å². The summed E-state index contributed by atoms with van der Waals surface area (Å²) < 4.78 is 0. The van der Waals surface area contributed by atoms with Gasteiger partial charge in [-0.25, -0.2) is 0 Å². The molecule has 0 saturated carbocycles. The second-order valence-electron chi connectivity index (χ2n) is 5.25. The Bertz CT molecular complexity index is 459. The molecule has 1 fully saturated rings. The van der Waals surface area contributed by atoms with Crippen LogP contribution in [0.2, 0.25) is 0 Å². The van der Waals surface area contributed by atoms with Crippen LogP contribution in [-0.4, -0.2) is 35.1 Å². The summed E-state index contributed by atoms with van der Waals surface area (Å²) in [5.74, 6) is 0.0259. The van der Waals surface area contributed by atoms with Gasteiger partial charge in [0, 0.05) is 24.9 Å². The topological polar surface area (TPSA) is 66.6 Å². The van der Waals surface area contributed by atoms with E-state index in [9.17, 15) is 4.79 Å². The number of amides is 1. The number of hydrogen-bond donors (Lipinski definition) is 2. The zero-order chi connectivity index (χ0) is 13.8. The minimum atomic E-state index is 0.0259. The van der Waals surface area contributed by atoms with Gasteiger partial charge < -0.3 is 15.7 Å². The molecule has 1 amide bonds. The van der Waals surface area contributed by atoms with Crippen molar-refractivity contribution in [2.75, 3.05) is 18.9 Å². The first-order chi connectivity index (χ1) is 9.13. The standard InChI is InChI=1S/C15H22N2O2/c1-11-6-7-13(14(16)10-11)15(19)17-8-2-4-12(17)5-3-9-18/h6-7,10,12,18H,2-5,8-9,16H2,1H3. The average molecular weight is 262 g/mol. The summed E-state index contributed by atoms with van der Waals surface area (Å²) in [4.78, 5) is 14.4. The molecule has 19 heavy (non-hydrogen) atoms. The normalized spacial score (nSPS) is 18.8. The van der Waals surface area contributed by atoms with Gasteiger partial charge in [0.1, 0.15) is 0 Å². The number of benzene rings is 1. The second-order valence-corrected chi connectivity index (χ2v) is 5.25. The third-order valence-corrected chi connectivity index (χ3v) is 3.77. The van der Waals surface area contributed by atoms with Crippen LogP contribution in [0.3, 0.4) is 0 Å². The van der Waals surface area contributed by atoms with E-state index in [0.717, 1.165) is 37.8 Å². The van der Waals surface area contributed by atoms with Gasteiger partial charge in [0.05, 0.1) is 5.56 Å². The van der Waals surface area contributed by atoms with Gasteiger partial charge in [-0.05, 0) is 50.3 Å². The van der Waals surface area contributed by atoms with E-state index in [1.807, 2.05) is 30.0 Å². The lowest BCUT2D eigenvalue weighted by molar-refractivity contribution is 0.0725. The number of nitrogens with two attached hydrogens (primary N) is 1. The molecule has 0 spiro atoms. The highest BCUT2D eigenvalue weighted by Crippen LogP contribution is 2.25. The summed E-state index contributed by atoms with van der Waals surface area (Å²) >= 11 is 0. The highest BCUT2D eigenvalue weighted by molar-refractivity contribution is 5.99. The molecule has 4 heteroatoms. The zero-order valence-electron chi connectivity index (χ0n) is 11.4. The lowest BCUT2D eigenvalue weighted by Gasteiger charge is -2.25. The number of hydrogen-bond acceptors (Lipinski definition) is 3. The average Bonchev–Trinajstić information content (AvgIpc) is 2.83. The molecule has 1 heterocycles. The molecule has 1 aromatic carbocycles. The van der Waals surface area contributed by atoms with E-state index in [-0.39, 0.29) is 18.6 Å². The highest BCUT2D eigenvalue weighted by Gasteiger charge is 2.29. The van der Waals surface area contributed by atoms with E-state index in [1.54, 1.807) is 0 Å². The lowest BCUT2D eigenvalue weighted by atomic mass is 10.1. The van der Waals surface area contributed by atoms with Crippen LogP contribution in [0.4, 0.5) is 5.69 Å². The molecule has 104 valence electrons. The molecule has 1 aliphatic rings. The maximum atomic E-state index is 12.5. The Morgan fingerprint density at radius 2 is 2.32 bits per heavy atom. The van der Waals surface area contributed by atoms with E-state index >= 15 is 0 Å². The van der Waals surface area contributed by atoms with Gasteiger partial charge in [0.25, 0.3) is 5.91 Å². The van der Waals surface area contributed by atoms with Crippen molar-refractivity contribution in [3.63, 3.8) is 0 Å². The van der Waals surface area contributed by atoms with E-state index in [1.165, 1.54) is 0 Å². The Hall–Kier alpha value is -1.55. The van der Waals surface area contributed by atoms with Crippen molar-refractivity contribution in [3.8, 4) is 0 Å². The highest BCUT2D eigenvalue weighted by atomic mass is 16.3. The SMILES string of the molecule is Cc1ccc(C(=O)N2CCCC2CCCO)c(N)c1. The Labute approximate surface area is 114 Å². The summed E-state index contributed by atoms with van der Waals surface area (Å²) in [6.07, 6.45) is 3.68. The molecule has 0 radical (unpaired) electrons. The predicted octanol–water partition coefficient (Wildman–Crippen LogP) is 1.95. The van der Waals surface area contributed by atoms with Crippen LogP contribution in [0.25, 0.3) is 0 Å². The summed E-state index contributed by atoms with van der Waals surface area (Å²) in [5.41, 5.74) is 8.16. The number of aliphatic hydroxyl groups is 1. The molecule has 0 aliphatic carbocycles. The van der Waals surface area contributed by atoms with Gasteiger partial charge in [0.15, 0.2) is 0 Å². The van der Waals surface area contributed by atoms with Crippen molar-refractivity contribution < 1.29 is 9.90 Å². The zero-order valence-corrected chi connectivity index (χ0v) is 11.4. The van der Waals surface area contributed by atoms with Gasteiger partial charge in [-0.15, -0.1) is 0 Å². The largest absolute Gasteiger partial charge is 0.398 e. The molecule has 4 nitrogen and oxygen atoms in total. The smallest absolute Gasteiger partial charge is 0.256 e. The minimum absolute atomic E-state index is 0.0259. The molecule has 3 N–H and O–H groups in total. The lowest BCUT2D eigenvalue weighted by Crippen LogP contribution is -2.36. The Kier molecular flexibility index (Phi) is 4.43. The summed E-state index contributed by atoms with van der Waals surface area (Å²) in [6.45, 7) is 2.94. The van der Waals surface area contributed by atoms with Gasteiger partial charge in [-0.3, -0.25) is 4.79 Å². The van der Waals surface area contributed by atoms with Crippen molar-refractivity contribution in [1.82, 2.24) is 4.90 Å². The number of likely N-dealkylation sites (tertiary alicyclic amines) is 1. The second kappa shape index (κ2) is 6.06. The maximum Gasteiger partial charge on any atom is 0.256 e. The van der Waals surface area contributed by atoms with Crippen molar-refractivity contribution in [2.45, 2.75) is 38.6 Å². The number of carbonyl (C=O) groups excluding carboxylic acids is 1. The molecular formula is C15H22N2O2. The minimum Gasteiger partial charge on any atom is -0.398 e.